The van der Waals surface area contributed by atoms with Gasteiger partial charge in [-0.25, -0.2) is 0 Å². The van der Waals surface area contributed by atoms with Crippen molar-refractivity contribution in [3.05, 3.63) is 57.6 Å². The van der Waals surface area contributed by atoms with E-state index in [1.807, 2.05) is 6.92 Å². The number of aryl methyl sites for hydroxylation is 1. The van der Waals surface area contributed by atoms with Crippen LogP contribution in [-0.2, 0) is 0 Å². The van der Waals surface area contributed by atoms with Crippen molar-refractivity contribution < 1.29 is 50.4 Å². The fraction of sp³-hybridized carbons (Fsp3) is 0.0714. The van der Waals surface area contributed by atoms with Gasteiger partial charge in [0.05, 0.1) is 21.7 Å². The molecule has 5 N–H and O–H groups in total. The van der Waals surface area contributed by atoms with Crippen LogP contribution in [0.3, 0.4) is 0 Å². The maximum Gasteiger partial charge on any atom is 1.00 e. The maximum atomic E-state index is 11.0. The minimum atomic E-state index is -1.26. The molecule has 8 heteroatoms. The molecule has 0 aliphatic heterocycles. The second kappa shape index (κ2) is 10.1. The Balaban J connectivity index is 0. The maximum absolute atomic E-state index is 11.0. The van der Waals surface area contributed by atoms with E-state index in [1.165, 1.54) is 6.07 Å². The van der Waals surface area contributed by atoms with Crippen molar-refractivity contribution in [3.63, 3.8) is 0 Å². The van der Waals surface area contributed by atoms with Crippen molar-refractivity contribution >= 4 is 40.5 Å². The molecule has 0 aromatic heterocycles. The summed E-state index contributed by atoms with van der Waals surface area (Å²) in [5, 5.41) is 14.9. The van der Waals surface area contributed by atoms with E-state index in [9.17, 15) is 9.90 Å². The smallest absolute Gasteiger partial charge is 0.545 e. The number of carboxylic acids is 1. The SMILES string of the molecule is Cc1ccc(Cl)c(Nc2ccccc2C(=O)[O-])c1Cl.O.O.[Na+]. The average molecular weight is 354 g/mol. The number of hydrogen-bond acceptors (Lipinski definition) is 3. The zero-order valence-electron chi connectivity index (χ0n) is 12.0. The first kappa shape index (κ1) is 23.5. The predicted octanol–water partition coefficient (Wildman–Crippen LogP) is -1.24. The van der Waals surface area contributed by atoms with Crippen molar-refractivity contribution in [3.8, 4) is 0 Å². The molecule has 0 heterocycles. The van der Waals surface area contributed by atoms with Gasteiger partial charge in [0.1, 0.15) is 0 Å². The number of carboxylic acid groups (broad SMARTS) is 1. The molecule has 0 spiro atoms. The van der Waals surface area contributed by atoms with Crippen LogP contribution in [0.2, 0.25) is 10.0 Å². The molecular weight excluding hydrogens is 340 g/mol. The van der Waals surface area contributed by atoms with Gasteiger partial charge in [-0.2, -0.15) is 0 Å². The molecule has 0 radical (unpaired) electrons. The molecule has 0 aliphatic carbocycles. The first-order chi connectivity index (χ1) is 9.00. The van der Waals surface area contributed by atoms with E-state index >= 15 is 0 Å². The number of nitrogens with one attached hydrogen (secondary N) is 1. The fourth-order valence-electron chi connectivity index (χ4n) is 1.68. The fourth-order valence-corrected chi connectivity index (χ4v) is 2.14. The Labute approximate surface area is 160 Å². The first-order valence-corrected chi connectivity index (χ1v) is 6.28. The number of para-hydroxylation sites is 1. The van der Waals surface area contributed by atoms with Crippen molar-refractivity contribution in [1.29, 1.82) is 0 Å². The van der Waals surface area contributed by atoms with E-state index in [2.05, 4.69) is 5.32 Å². The van der Waals surface area contributed by atoms with Crippen molar-refractivity contribution in [2.75, 3.05) is 5.32 Å². The van der Waals surface area contributed by atoms with Gasteiger partial charge in [-0.05, 0) is 24.6 Å². The number of carbonyl (C=O) groups is 1. The van der Waals surface area contributed by atoms with E-state index in [1.54, 1.807) is 30.3 Å². The van der Waals surface area contributed by atoms with Crippen LogP contribution in [0.4, 0.5) is 11.4 Å². The number of rotatable bonds is 3. The van der Waals surface area contributed by atoms with E-state index in [4.69, 9.17) is 23.2 Å². The molecule has 5 nitrogen and oxygen atoms in total. The number of hydrogen-bond donors (Lipinski definition) is 1. The van der Waals surface area contributed by atoms with Crippen LogP contribution in [0, 0.1) is 6.92 Å². The number of halogens is 2. The van der Waals surface area contributed by atoms with Gasteiger partial charge in [-0.3, -0.25) is 0 Å². The number of anilines is 2. The van der Waals surface area contributed by atoms with Crippen LogP contribution >= 0.6 is 23.2 Å². The second-order valence-electron chi connectivity index (χ2n) is 4.01. The third-order valence-corrected chi connectivity index (χ3v) is 3.49. The summed E-state index contributed by atoms with van der Waals surface area (Å²) in [7, 11) is 0. The van der Waals surface area contributed by atoms with E-state index in [-0.39, 0.29) is 46.1 Å². The minimum absolute atomic E-state index is 0. The molecule has 0 unspecified atom stereocenters. The van der Waals surface area contributed by atoms with Gasteiger partial charge in [-0.15, -0.1) is 0 Å². The molecule has 2 rings (SSSR count). The zero-order chi connectivity index (χ0) is 14.0. The molecule has 0 aliphatic rings. The summed E-state index contributed by atoms with van der Waals surface area (Å²) in [5.74, 6) is -1.26. The Morgan fingerprint density at radius 1 is 1.09 bits per heavy atom. The Bertz CT molecular complexity index is 653. The van der Waals surface area contributed by atoms with Gasteiger partial charge < -0.3 is 26.2 Å². The van der Waals surface area contributed by atoms with Crippen molar-refractivity contribution in [2.24, 2.45) is 0 Å². The molecule has 0 atom stereocenters. The molecule has 2 aromatic rings. The third-order valence-electron chi connectivity index (χ3n) is 2.69. The van der Waals surface area contributed by atoms with Crippen molar-refractivity contribution in [1.82, 2.24) is 0 Å². The van der Waals surface area contributed by atoms with Gasteiger partial charge >= 0.3 is 29.6 Å². The van der Waals surface area contributed by atoms with Crippen LogP contribution in [0.15, 0.2) is 36.4 Å². The number of carbonyl (C=O) groups excluding carboxylic acids is 1. The largest absolute Gasteiger partial charge is 1.00 e. The molecule has 2 aromatic carbocycles. The quantitative estimate of drug-likeness (QED) is 0.696. The van der Waals surface area contributed by atoms with Gasteiger partial charge in [0, 0.05) is 11.3 Å². The topological polar surface area (TPSA) is 115 Å². The van der Waals surface area contributed by atoms with Gasteiger partial charge in [0.15, 0.2) is 0 Å². The van der Waals surface area contributed by atoms with Crippen LogP contribution in [0.25, 0.3) is 0 Å². The van der Waals surface area contributed by atoms with E-state index in [0.29, 0.717) is 21.4 Å². The monoisotopic (exact) mass is 353 g/mol. The summed E-state index contributed by atoms with van der Waals surface area (Å²) >= 11 is 12.2. The van der Waals surface area contributed by atoms with Gasteiger partial charge in [0.2, 0.25) is 0 Å². The molecule has 0 amide bonds. The number of benzene rings is 2. The van der Waals surface area contributed by atoms with E-state index in [0.717, 1.165) is 5.56 Å². The Hall–Kier alpha value is -0.790. The summed E-state index contributed by atoms with van der Waals surface area (Å²) in [6.07, 6.45) is 0. The summed E-state index contributed by atoms with van der Waals surface area (Å²) in [4.78, 5) is 11.0. The number of aromatic carboxylic acids is 1. The zero-order valence-corrected chi connectivity index (χ0v) is 15.5. The summed E-state index contributed by atoms with van der Waals surface area (Å²) in [5.41, 5.74) is 1.77. The van der Waals surface area contributed by atoms with Gasteiger partial charge in [0.25, 0.3) is 0 Å². The molecule has 0 saturated heterocycles. The Morgan fingerprint density at radius 3 is 2.27 bits per heavy atom. The molecule has 0 saturated carbocycles. The molecule has 0 fully saturated rings. The Morgan fingerprint density at radius 2 is 1.68 bits per heavy atom. The molecule has 114 valence electrons. The average Bonchev–Trinajstić information content (AvgIpc) is 2.39. The normalized spacial score (nSPS) is 8.86. The molecule has 22 heavy (non-hydrogen) atoms. The summed E-state index contributed by atoms with van der Waals surface area (Å²) in [6, 6.07) is 9.91. The Kier molecular flexibility index (Phi) is 10.7. The minimum Gasteiger partial charge on any atom is -0.545 e. The van der Waals surface area contributed by atoms with Crippen LogP contribution in [0.1, 0.15) is 15.9 Å². The third kappa shape index (κ3) is 5.14. The summed E-state index contributed by atoms with van der Waals surface area (Å²) < 4.78 is 0. The van der Waals surface area contributed by atoms with Crippen LogP contribution < -0.4 is 40.0 Å². The standard InChI is InChI=1S/C14H11Cl2NO2.Na.2H2O/c1-8-6-7-10(15)13(12(8)16)17-11-5-3-2-4-9(11)14(18)19;;;/h2-7,17H,1H3,(H,18,19);;2*1H2/q;+1;;/p-1. The first-order valence-electron chi connectivity index (χ1n) is 5.52. The van der Waals surface area contributed by atoms with E-state index < -0.39 is 5.97 Å². The molecular formula is C14H14Cl2NNaO4. The predicted molar refractivity (Wildman–Crippen MR) is 82.5 cm³/mol. The van der Waals surface area contributed by atoms with Crippen LogP contribution in [-0.4, -0.2) is 16.9 Å². The van der Waals surface area contributed by atoms with Crippen LogP contribution in [0.5, 0.6) is 0 Å². The second-order valence-corrected chi connectivity index (χ2v) is 4.80. The van der Waals surface area contributed by atoms with Crippen molar-refractivity contribution in [2.45, 2.75) is 6.92 Å². The molecule has 0 bridgehead atoms. The van der Waals surface area contributed by atoms with Gasteiger partial charge in [-0.1, -0.05) is 47.5 Å². The summed E-state index contributed by atoms with van der Waals surface area (Å²) in [6.45, 7) is 1.84.